The number of methoxy groups -OCH3 is 2. The molecular weight excluding hydrogens is 356 g/mol. The molecule has 0 saturated heterocycles. The van der Waals surface area contributed by atoms with Crippen molar-refractivity contribution in [3.8, 4) is 11.5 Å². The minimum atomic E-state index is -0.310. The number of rotatable bonds is 5. The van der Waals surface area contributed by atoms with Gasteiger partial charge in [0, 0.05) is 17.5 Å². The van der Waals surface area contributed by atoms with E-state index in [1.807, 2.05) is 36.4 Å². The summed E-state index contributed by atoms with van der Waals surface area (Å²) in [5.74, 6) is 1.85. The molecule has 1 aliphatic rings. The monoisotopic (exact) mass is 376 g/mol. The summed E-state index contributed by atoms with van der Waals surface area (Å²) in [6.45, 7) is 0. The van der Waals surface area contributed by atoms with Crippen LogP contribution in [0.15, 0.2) is 76.4 Å². The number of carbonyl (C=O) groups excluding carboxylic acids is 1. The van der Waals surface area contributed by atoms with Crippen LogP contribution in [0.2, 0.25) is 0 Å². The second-order valence-corrected chi connectivity index (χ2v) is 6.40. The molecule has 1 atom stereocenters. The predicted octanol–water partition coefficient (Wildman–Crippen LogP) is 4.29. The Bertz CT molecular complexity index is 1010. The molecule has 4 rings (SSSR count). The Balaban J connectivity index is 1.72. The molecule has 0 radical (unpaired) electrons. The number of hydrogen-bond acceptors (Lipinski definition) is 5. The summed E-state index contributed by atoms with van der Waals surface area (Å²) in [5, 5.41) is 6.14. The van der Waals surface area contributed by atoms with Gasteiger partial charge >= 0.3 is 0 Å². The van der Waals surface area contributed by atoms with Crippen LogP contribution in [0.4, 0.5) is 0 Å². The minimum absolute atomic E-state index is 0.210. The smallest absolute Gasteiger partial charge is 0.274 e. The molecule has 1 aliphatic heterocycles. The SMILES string of the molecule is COc1cccc(C(=O)N2N=C(c3cccc(OC)c3)C[C@@H]2c2ccco2)c1. The van der Waals surface area contributed by atoms with Gasteiger partial charge in [-0.2, -0.15) is 5.10 Å². The first-order valence-electron chi connectivity index (χ1n) is 8.92. The highest BCUT2D eigenvalue weighted by molar-refractivity contribution is 6.05. The summed E-state index contributed by atoms with van der Waals surface area (Å²) < 4.78 is 16.1. The lowest BCUT2D eigenvalue weighted by Gasteiger charge is -2.20. The number of hydrazone groups is 1. The molecule has 2 aromatic carbocycles. The molecule has 0 aliphatic carbocycles. The van der Waals surface area contributed by atoms with Crippen molar-refractivity contribution in [2.45, 2.75) is 12.5 Å². The lowest BCUT2D eigenvalue weighted by Crippen LogP contribution is -2.26. The molecule has 1 amide bonds. The Kier molecular flexibility index (Phi) is 4.85. The van der Waals surface area contributed by atoms with E-state index in [2.05, 4.69) is 5.10 Å². The van der Waals surface area contributed by atoms with Crippen molar-refractivity contribution in [2.24, 2.45) is 5.10 Å². The summed E-state index contributed by atoms with van der Waals surface area (Å²) in [6.07, 6.45) is 2.16. The van der Waals surface area contributed by atoms with Gasteiger partial charge in [0.2, 0.25) is 0 Å². The molecule has 0 saturated carbocycles. The van der Waals surface area contributed by atoms with Crippen LogP contribution in [0.5, 0.6) is 11.5 Å². The highest BCUT2D eigenvalue weighted by Gasteiger charge is 2.35. The van der Waals surface area contributed by atoms with Crippen LogP contribution in [-0.2, 0) is 0 Å². The first kappa shape index (κ1) is 17.9. The number of benzene rings is 2. The molecule has 28 heavy (non-hydrogen) atoms. The van der Waals surface area contributed by atoms with Crippen molar-refractivity contribution < 1.29 is 18.7 Å². The third kappa shape index (κ3) is 3.36. The Morgan fingerprint density at radius 3 is 2.50 bits per heavy atom. The maximum atomic E-state index is 13.2. The summed E-state index contributed by atoms with van der Waals surface area (Å²) in [5.41, 5.74) is 2.22. The molecule has 0 N–H and O–H groups in total. The molecule has 2 heterocycles. The average molecular weight is 376 g/mol. The number of nitrogens with zero attached hydrogens (tertiary/aromatic N) is 2. The Hall–Kier alpha value is -3.54. The van der Waals surface area contributed by atoms with Gasteiger partial charge in [-0.1, -0.05) is 18.2 Å². The molecule has 0 fully saturated rings. The lowest BCUT2D eigenvalue weighted by molar-refractivity contribution is 0.0692. The quantitative estimate of drug-likeness (QED) is 0.666. The van der Waals surface area contributed by atoms with E-state index < -0.39 is 0 Å². The van der Waals surface area contributed by atoms with Crippen LogP contribution in [-0.4, -0.2) is 30.8 Å². The topological polar surface area (TPSA) is 64.3 Å². The summed E-state index contributed by atoms with van der Waals surface area (Å²) in [7, 11) is 3.20. The van der Waals surface area contributed by atoms with Gasteiger partial charge in [-0.3, -0.25) is 4.79 Å². The van der Waals surface area contributed by atoms with E-state index in [1.165, 1.54) is 5.01 Å². The van der Waals surface area contributed by atoms with Crippen LogP contribution in [0, 0.1) is 0 Å². The van der Waals surface area contributed by atoms with Crippen LogP contribution in [0.3, 0.4) is 0 Å². The number of hydrogen-bond donors (Lipinski definition) is 0. The zero-order valence-electron chi connectivity index (χ0n) is 15.7. The van der Waals surface area contributed by atoms with Gasteiger partial charge in [-0.25, -0.2) is 5.01 Å². The number of ether oxygens (including phenoxy) is 2. The van der Waals surface area contributed by atoms with Gasteiger partial charge in [-0.15, -0.1) is 0 Å². The summed E-state index contributed by atoms with van der Waals surface area (Å²) in [4.78, 5) is 13.2. The fourth-order valence-electron chi connectivity index (χ4n) is 3.27. The van der Waals surface area contributed by atoms with Gasteiger partial charge in [0.25, 0.3) is 5.91 Å². The van der Waals surface area contributed by atoms with Crippen molar-refractivity contribution in [1.29, 1.82) is 0 Å². The molecule has 0 spiro atoms. The van der Waals surface area contributed by atoms with Gasteiger partial charge in [0.1, 0.15) is 23.3 Å². The van der Waals surface area contributed by atoms with Gasteiger partial charge in [0.05, 0.1) is 26.2 Å². The minimum Gasteiger partial charge on any atom is -0.497 e. The predicted molar refractivity (Wildman–Crippen MR) is 105 cm³/mol. The highest BCUT2D eigenvalue weighted by Crippen LogP contribution is 2.35. The summed E-state index contributed by atoms with van der Waals surface area (Å²) in [6, 6.07) is 18.1. The largest absolute Gasteiger partial charge is 0.497 e. The van der Waals surface area contributed by atoms with E-state index in [0.29, 0.717) is 23.5 Å². The molecule has 142 valence electrons. The van der Waals surface area contributed by atoms with Crippen LogP contribution >= 0.6 is 0 Å². The molecule has 6 nitrogen and oxygen atoms in total. The fraction of sp³-hybridized carbons (Fsp3) is 0.182. The average Bonchev–Trinajstić information content (AvgIpc) is 3.43. The van der Waals surface area contributed by atoms with E-state index >= 15 is 0 Å². The second kappa shape index (κ2) is 7.60. The number of amides is 1. The van der Waals surface area contributed by atoms with Crippen LogP contribution in [0.25, 0.3) is 0 Å². The van der Waals surface area contributed by atoms with Crippen LogP contribution in [0.1, 0.15) is 34.1 Å². The van der Waals surface area contributed by atoms with Crippen molar-refractivity contribution in [1.82, 2.24) is 5.01 Å². The van der Waals surface area contributed by atoms with Gasteiger partial charge in [0.15, 0.2) is 0 Å². The normalized spacial score (nSPS) is 16.0. The number of carbonyl (C=O) groups is 1. The highest BCUT2D eigenvalue weighted by atomic mass is 16.5. The molecule has 0 unspecified atom stereocenters. The Morgan fingerprint density at radius 1 is 1.04 bits per heavy atom. The van der Waals surface area contributed by atoms with Gasteiger partial charge in [-0.05, 0) is 42.5 Å². The maximum absolute atomic E-state index is 13.2. The molecule has 3 aromatic rings. The fourth-order valence-corrected chi connectivity index (χ4v) is 3.27. The van der Waals surface area contributed by atoms with E-state index in [0.717, 1.165) is 17.0 Å². The first-order chi connectivity index (χ1) is 13.7. The van der Waals surface area contributed by atoms with Crippen molar-refractivity contribution in [3.05, 3.63) is 83.8 Å². The van der Waals surface area contributed by atoms with E-state index in [1.54, 1.807) is 44.7 Å². The molecule has 0 bridgehead atoms. The van der Waals surface area contributed by atoms with Crippen molar-refractivity contribution in [3.63, 3.8) is 0 Å². The van der Waals surface area contributed by atoms with E-state index in [4.69, 9.17) is 13.9 Å². The zero-order chi connectivity index (χ0) is 19.5. The second-order valence-electron chi connectivity index (χ2n) is 6.40. The van der Waals surface area contributed by atoms with Gasteiger partial charge < -0.3 is 13.9 Å². The van der Waals surface area contributed by atoms with E-state index in [-0.39, 0.29) is 11.9 Å². The summed E-state index contributed by atoms with van der Waals surface area (Å²) >= 11 is 0. The molecule has 6 heteroatoms. The Morgan fingerprint density at radius 2 is 1.79 bits per heavy atom. The van der Waals surface area contributed by atoms with E-state index in [9.17, 15) is 4.79 Å². The Labute approximate surface area is 163 Å². The first-order valence-corrected chi connectivity index (χ1v) is 8.92. The molecular formula is C22H20N2O4. The standard InChI is InChI=1S/C22H20N2O4/c1-26-17-8-3-6-15(12-17)19-14-20(21-10-5-11-28-21)24(23-19)22(25)16-7-4-9-18(13-16)27-2/h3-13,20H,14H2,1-2H3/t20-/m1/s1. The zero-order valence-corrected chi connectivity index (χ0v) is 15.7. The lowest BCUT2D eigenvalue weighted by atomic mass is 10.0. The van der Waals surface area contributed by atoms with Crippen molar-refractivity contribution in [2.75, 3.05) is 14.2 Å². The number of furan rings is 1. The molecule has 1 aromatic heterocycles. The van der Waals surface area contributed by atoms with Crippen molar-refractivity contribution >= 4 is 11.6 Å². The third-order valence-corrected chi connectivity index (χ3v) is 4.71. The van der Waals surface area contributed by atoms with Crippen LogP contribution < -0.4 is 9.47 Å². The maximum Gasteiger partial charge on any atom is 0.274 e. The third-order valence-electron chi connectivity index (χ3n) is 4.71.